The Bertz CT molecular complexity index is 384. The maximum absolute atomic E-state index is 12.5. The van der Waals surface area contributed by atoms with Crippen LogP contribution in [0.4, 0.5) is 4.79 Å². The predicted octanol–water partition coefficient (Wildman–Crippen LogP) is 0.502. The fourth-order valence-electron chi connectivity index (χ4n) is 2.31. The molecular formula is C13H23N3O4. The van der Waals surface area contributed by atoms with Gasteiger partial charge in [0, 0.05) is 25.7 Å². The van der Waals surface area contributed by atoms with Crippen LogP contribution < -0.4 is 5.32 Å². The molecule has 7 heteroatoms. The van der Waals surface area contributed by atoms with E-state index in [2.05, 4.69) is 5.32 Å². The van der Waals surface area contributed by atoms with Crippen LogP contribution in [0.5, 0.6) is 0 Å². The largest absolute Gasteiger partial charge is 0.481 e. The molecule has 2 N–H and O–H groups in total. The van der Waals surface area contributed by atoms with Crippen molar-refractivity contribution in [1.82, 2.24) is 15.1 Å². The van der Waals surface area contributed by atoms with Crippen LogP contribution >= 0.6 is 0 Å². The van der Waals surface area contributed by atoms with Gasteiger partial charge in [0.1, 0.15) is 6.04 Å². The van der Waals surface area contributed by atoms with Crippen molar-refractivity contribution in [3.63, 3.8) is 0 Å². The van der Waals surface area contributed by atoms with Crippen molar-refractivity contribution in [2.75, 3.05) is 19.6 Å². The lowest BCUT2D eigenvalue weighted by Crippen LogP contribution is -2.60. The first kappa shape index (κ1) is 16.3. The Labute approximate surface area is 118 Å². The second-order valence-corrected chi connectivity index (χ2v) is 5.12. The molecule has 0 aromatic carbocycles. The molecule has 0 aromatic rings. The van der Waals surface area contributed by atoms with E-state index in [-0.39, 0.29) is 30.9 Å². The third-order valence-electron chi connectivity index (χ3n) is 3.40. The van der Waals surface area contributed by atoms with E-state index in [1.54, 1.807) is 4.90 Å². The molecule has 114 valence electrons. The van der Waals surface area contributed by atoms with Crippen molar-refractivity contribution < 1.29 is 19.5 Å². The van der Waals surface area contributed by atoms with E-state index in [0.29, 0.717) is 19.5 Å². The number of carbonyl (C=O) groups excluding carboxylic acids is 2. The van der Waals surface area contributed by atoms with Crippen LogP contribution in [0.15, 0.2) is 0 Å². The first-order chi connectivity index (χ1) is 9.38. The molecule has 0 spiro atoms. The molecule has 1 atom stereocenters. The Morgan fingerprint density at radius 1 is 1.50 bits per heavy atom. The minimum absolute atomic E-state index is 0.0965. The Kier molecular flexibility index (Phi) is 5.79. The van der Waals surface area contributed by atoms with Gasteiger partial charge in [-0.1, -0.05) is 6.92 Å². The number of carbonyl (C=O) groups is 3. The smallest absolute Gasteiger partial charge is 0.320 e. The average Bonchev–Trinajstić information content (AvgIpc) is 2.37. The van der Waals surface area contributed by atoms with Crippen LogP contribution in [-0.4, -0.2) is 64.5 Å². The molecule has 1 fully saturated rings. The number of amides is 3. The molecule has 1 rings (SSSR count). The highest BCUT2D eigenvalue weighted by atomic mass is 16.4. The van der Waals surface area contributed by atoms with Gasteiger partial charge in [0.2, 0.25) is 5.91 Å². The van der Waals surface area contributed by atoms with Gasteiger partial charge in [-0.05, 0) is 20.3 Å². The number of hydrogen-bond donors (Lipinski definition) is 2. The zero-order valence-corrected chi connectivity index (χ0v) is 12.3. The Hall–Kier alpha value is -1.79. The lowest BCUT2D eigenvalue weighted by atomic mass is 10.1. The number of carboxylic acid groups (broad SMARTS) is 1. The number of aliphatic carboxylic acids is 1. The van der Waals surface area contributed by atoms with Gasteiger partial charge < -0.3 is 20.2 Å². The molecule has 1 saturated heterocycles. The summed E-state index contributed by atoms with van der Waals surface area (Å²) in [4.78, 5) is 38.1. The third-order valence-corrected chi connectivity index (χ3v) is 3.40. The van der Waals surface area contributed by atoms with Crippen molar-refractivity contribution in [3.05, 3.63) is 0 Å². The van der Waals surface area contributed by atoms with Crippen molar-refractivity contribution >= 4 is 17.9 Å². The second-order valence-electron chi connectivity index (χ2n) is 5.12. The summed E-state index contributed by atoms with van der Waals surface area (Å²) < 4.78 is 0. The van der Waals surface area contributed by atoms with E-state index in [9.17, 15) is 14.4 Å². The standard InChI is InChI=1S/C13H23N3O4/c1-4-10-12(19)14-6-8-16(10)13(20)15(9(2)3)7-5-11(17)18/h9-10H,4-8H2,1-3H3,(H,14,19)(H,17,18). The van der Waals surface area contributed by atoms with Crippen LogP contribution in [-0.2, 0) is 9.59 Å². The molecule has 0 bridgehead atoms. The van der Waals surface area contributed by atoms with Crippen LogP contribution in [0.3, 0.4) is 0 Å². The minimum Gasteiger partial charge on any atom is -0.481 e. The van der Waals surface area contributed by atoms with Crippen LogP contribution in [0.25, 0.3) is 0 Å². The number of rotatable bonds is 5. The maximum atomic E-state index is 12.5. The quantitative estimate of drug-likeness (QED) is 0.769. The summed E-state index contributed by atoms with van der Waals surface area (Å²) in [6.07, 6.45) is 0.448. The fourth-order valence-corrected chi connectivity index (χ4v) is 2.31. The first-order valence-corrected chi connectivity index (χ1v) is 6.95. The summed E-state index contributed by atoms with van der Waals surface area (Å²) in [6.45, 7) is 6.58. The van der Waals surface area contributed by atoms with Gasteiger partial charge in [-0.25, -0.2) is 4.79 Å². The topological polar surface area (TPSA) is 90.0 Å². The Morgan fingerprint density at radius 3 is 2.65 bits per heavy atom. The van der Waals surface area contributed by atoms with Crippen LogP contribution in [0, 0.1) is 0 Å². The molecule has 1 unspecified atom stereocenters. The molecule has 0 saturated carbocycles. The monoisotopic (exact) mass is 285 g/mol. The molecule has 0 radical (unpaired) electrons. The minimum atomic E-state index is -0.938. The highest BCUT2D eigenvalue weighted by molar-refractivity contribution is 5.88. The highest BCUT2D eigenvalue weighted by Crippen LogP contribution is 2.14. The Morgan fingerprint density at radius 2 is 2.15 bits per heavy atom. The van der Waals surface area contributed by atoms with Gasteiger partial charge in [-0.3, -0.25) is 9.59 Å². The van der Waals surface area contributed by atoms with Gasteiger partial charge in [0.25, 0.3) is 0 Å². The lowest BCUT2D eigenvalue weighted by Gasteiger charge is -2.39. The van der Waals surface area contributed by atoms with E-state index >= 15 is 0 Å². The van der Waals surface area contributed by atoms with Crippen molar-refractivity contribution in [2.24, 2.45) is 0 Å². The van der Waals surface area contributed by atoms with Gasteiger partial charge >= 0.3 is 12.0 Å². The summed E-state index contributed by atoms with van der Waals surface area (Å²) in [5.41, 5.74) is 0. The summed E-state index contributed by atoms with van der Waals surface area (Å²) in [5, 5.41) is 11.5. The SMILES string of the molecule is CCC1C(=O)NCCN1C(=O)N(CCC(=O)O)C(C)C. The number of nitrogens with zero attached hydrogens (tertiary/aromatic N) is 2. The molecule has 7 nitrogen and oxygen atoms in total. The molecule has 20 heavy (non-hydrogen) atoms. The number of hydrogen-bond acceptors (Lipinski definition) is 3. The average molecular weight is 285 g/mol. The van der Waals surface area contributed by atoms with Crippen molar-refractivity contribution in [3.8, 4) is 0 Å². The fraction of sp³-hybridized carbons (Fsp3) is 0.769. The van der Waals surface area contributed by atoms with E-state index in [0.717, 1.165) is 0 Å². The Balaban J connectivity index is 2.81. The zero-order chi connectivity index (χ0) is 15.3. The van der Waals surface area contributed by atoms with Gasteiger partial charge in [-0.15, -0.1) is 0 Å². The van der Waals surface area contributed by atoms with E-state index in [1.807, 2.05) is 20.8 Å². The van der Waals surface area contributed by atoms with Crippen LogP contribution in [0.1, 0.15) is 33.6 Å². The molecule has 1 heterocycles. The van der Waals surface area contributed by atoms with Crippen LogP contribution in [0.2, 0.25) is 0 Å². The number of nitrogens with one attached hydrogen (secondary N) is 1. The molecule has 3 amide bonds. The third kappa shape index (κ3) is 3.85. The van der Waals surface area contributed by atoms with Gasteiger partial charge in [-0.2, -0.15) is 0 Å². The van der Waals surface area contributed by atoms with E-state index in [4.69, 9.17) is 5.11 Å². The number of piperazine rings is 1. The predicted molar refractivity (Wildman–Crippen MR) is 73.3 cm³/mol. The van der Waals surface area contributed by atoms with Gasteiger partial charge in [0.05, 0.1) is 6.42 Å². The maximum Gasteiger partial charge on any atom is 0.320 e. The summed E-state index contributed by atoms with van der Waals surface area (Å²) in [6, 6.07) is -0.838. The normalized spacial score (nSPS) is 18.9. The number of urea groups is 1. The summed E-state index contributed by atoms with van der Waals surface area (Å²) in [5.74, 6) is -1.08. The van der Waals surface area contributed by atoms with E-state index < -0.39 is 12.0 Å². The molecule has 1 aliphatic rings. The summed E-state index contributed by atoms with van der Waals surface area (Å²) in [7, 11) is 0. The second kappa shape index (κ2) is 7.12. The highest BCUT2D eigenvalue weighted by Gasteiger charge is 2.34. The zero-order valence-electron chi connectivity index (χ0n) is 12.3. The van der Waals surface area contributed by atoms with E-state index in [1.165, 1.54) is 4.90 Å². The number of carboxylic acids is 1. The summed E-state index contributed by atoms with van der Waals surface area (Å²) >= 11 is 0. The van der Waals surface area contributed by atoms with Gasteiger partial charge in [0.15, 0.2) is 0 Å². The van der Waals surface area contributed by atoms with Crippen molar-refractivity contribution in [2.45, 2.75) is 45.7 Å². The molecule has 1 aliphatic heterocycles. The molecular weight excluding hydrogens is 262 g/mol. The first-order valence-electron chi connectivity index (χ1n) is 6.95. The molecule has 0 aromatic heterocycles. The molecule has 0 aliphatic carbocycles. The van der Waals surface area contributed by atoms with Crippen molar-refractivity contribution in [1.29, 1.82) is 0 Å². The lowest BCUT2D eigenvalue weighted by molar-refractivity contribution is -0.137.